The van der Waals surface area contributed by atoms with Gasteiger partial charge in [0.25, 0.3) is 5.91 Å². The van der Waals surface area contributed by atoms with Gasteiger partial charge in [-0.15, -0.1) is 0 Å². The number of hydrogen-bond donors (Lipinski definition) is 4. The summed E-state index contributed by atoms with van der Waals surface area (Å²) in [5.41, 5.74) is 7.37. The summed E-state index contributed by atoms with van der Waals surface area (Å²) in [5, 5.41) is 19.7. The summed E-state index contributed by atoms with van der Waals surface area (Å²) in [6.45, 7) is 5.94. The van der Waals surface area contributed by atoms with E-state index in [1.165, 1.54) is 18.2 Å². The smallest absolute Gasteiger partial charge is 0.252 e. The molecule has 142 valence electrons. The van der Waals surface area contributed by atoms with Crippen LogP contribution in [0.3, 0.4) is 0 Å². The van der Waals surface area contributed by atoms with E-state index >= 15 is 0 Å². The fourth-order valence-electron chi connectivity index (χ4n) is 2.81. The van der Waals surface area contributed by atoms with E-state index in [1.807, 2.05) is 13.8 Å². The zero-order chi connectivity index (χ0) is 19.8. The topological polar surface area (TPSA) is 117 Å². The number of H-pyrrole nitrogens is 1. The second kappa shape index (κ2) is 6.96. The minimum atomic E-state index is -0.630. The van der Waals surface area contributed by atoms with Crippen LogP contribution in [0.1, 0.15) is 36.3 Å². The Hall–Kier alpha value is -3.00. The molecule has 2 aromatic heterocycles. The molecule has 0 atom stereocenters. The normalized spacial score (nSPS) is 11.7. The highest BCUT2D eigenvalue weighted by Crippen LogP contribution is 2.29. The lowest BCUT2D eigenvalue weighted by Crippen LogP contribution is -2.37. The molecule has 2 heterocycles. The van der Waals surface area contributed by atoms with Crippen LogP contribution >= 0.6 is 0 Å². The minimum absolute atomic E-state index is 0.180. The molecular weight excluding hydrogens is 349 g/mol. The number of pyridine rings is 1. The van der Waals surface area contributed by atoms with Crippen LogP contribution in [0.15, 0.2) is 24.3 Å². The summed E-state index contributed by atoms with van der Waals surface area (Å²) in [6.07, 6.45) is 0.608. The number of carbonyl (C=O) groups excluding carboxylic acids is 1. The van der Waals surface area contributed by atoms with Crippen LogP contribution in [0.5, 0.6) is 5.75 Å². The Kier molecular flexibility index (Phi) is 4.84. The van der Waals surface area contributed by atoms with E-state index in [4.69, 9.17) is 5.73 Å². The van der Waals surface area contributed by atoms with Crippen molar-refractivity contribution in [3.05, 3.63) is 41.3 Å². The van der Waals surface area contributed by atoms with Crippen molar-refractivity contribution in [1.82, 2.24) is 20.5 Å². The molecule has 5 N–H and O–H groups in total. The van der Waals surface area contributed by atoms with Crippen molar-refractivity contribution >= 4 is 16.9 Å². The first-order valence-corrected chi connectivity index (χ1v) is 8.57. The molecule has 7 nitrogen and oxygen atoms in total. The summed E-state index contributed by atoms with van der Waals surface area (Å²) in [5.74, 6) is -1.12. The van der Waals surface area contributed by atoms with E-state index in [0.717, 1.165) is 6.07 Å². The number of phenolic OH excluding ortho intramolecular Hbond substituents is 1. The Morgan fingerprint density at radius 3 is 2.78 bits per heavy atom. The fourth-order valence-corrected chi connectivity index (χ4v) is 2.81. The molecule has 0 bridgehead atoms. The SMILES string of the molecule is Cc1n[nH]c2nc(-c3ccc(O)cc3F)cc(C(=O)NCCC(C)(C)N)c12. The van der Waals surface area contributed by atoms with Gasteiger partial charge >= 0.3 is 0 Å². The molecule has 0 spiro atoms. The van der Waals surface area contributed by atoms with Gasteiger partial charge in [0.1, 0.15) is 11.6 Å². The van der Waals surface area contributed by atoms with Crippen LogP contribution in [0.4, 0.5) is 4.39 Å². The van der Waals surface area contributed by atoms with E-state index in [-0.39, 0.29) is 22.9 Å². The minimum Gasteiger partial charge on any atom is -0.508 e. The van der Waals surface area contributed by atoms with E-state index in [9.17, 15) is 14.3 Å². The van der Waals surface area contributed by atoms with E-state index in [1.54, 1.807) is 6.92 Å². The molecule has 0 radical (unpaired) electrons. The third kappa shape index (κ3) is 4.06. The highest BCUT2D eigenvalue weighted by atomic mass is 19.1. The van der Waals surface area contributed by atoms with Crippen LogP contribution in [0, 0.1) is 12.7 Å². The number of carbonyl (C=O) groups is 1. The fraction of sp³-hybridized carbons (Fsp3) is 0.316. The number of nitrogens with one attached hydrogen (secondary N) is 2. The maximum Gasteiger partial charge on any atom is 0.252 e. The molecular formula is C19H22FN5O2. The Morgan fingerprint density at radius 1 is 1.37 bits per heavy atom. The van der Waals surface area contributed by atoms with Gasteiger partial charge in [-0.25, -0.2) is 9.37 Å². The van der Waals surface area contributed by atoms with Crippen molar-refractivity contribution in [2.24, 2.45) is 5.73 Å². The summed E-state index contributed by atoms with van der Waals surface area (Å²) in [4.78, 5) is 17.1. The van der Waals surface area contributed by atoms with Gasteiger partial charge in [-0.05, 0) is 45.4 Å². The molecule has 3 aromatic rings. The molecule has 0 saturated carbocycles. The van der Waals surface area contributed by atoms with Gasteiger partial charge < -0.3 is 16.2 Å². The second-order valence-electron chi connectivity index (χ2n) is 7.25. The van der Waals surface area contributed by atoms with Crippen LogP contribution in [-0.4, -0.2) is 38.3 Å². The van der Waals surface area contributed by atoms with Crippen molar-refractivity contribution in [2.75, 3.05) is 6.54 Å². The Balaban J connectivity index is 2.03. The molecule has 1 amide bonds. The number of halogens is 1. The predicted molar refractivity (Wildman–Crippen MR) is 101 cm³/mol. The number of aromatic hydroxyl groups is 1. The van der Waals surface area contributed by atoms with Crippen LogP contribution in [0.25, 0.3) is 22.3 Å². The van der Waals surface area contributed by atoms with Crippen molar-refractivity contribution in [2.45, 2.75) is 32.7 Å². The van der Waals surface area contributed by atoms with E-state index < -0.39 is 11.4 Å². The summed E-state index contributed by atoms with van der Waals surface area (Å²) >= 11 is 0. The number of rotatable bonds is 5. The third-order valence-corrected chi connectivity index (χ3v) is 4.24. The molecule has 1 aromatic carbocycles. The highest BCUT2D eigenvalue weighted by molar-refractivity contribution is 6.07. The molecule has 0 aliphatic heterocycles. The van der Waals surface area contributed by atoms with Crippen LogP contribution < -0.4 is 11.1 Å². The number of aryl methyl sites for hydroxylation is 1. The molecule has 0 aliphatic rings. The summed E-state index contributed by atoms with van der Waals surface area (Å²) < 4.78 is 14.3. The lowest BCUT2D eigenvalue weighted by molar-refractivity contribution is 0.0953. The average molecular weight is 371 g/mol. The summed E-state index contributed by atoms with van der Waals surface area (Å²) in [6, 6.07) is 5.32. The largest absolute Gasteiger partial charge is 0.508 e. The number of phenols is 1. The maximum atomic E-state index is 14.3. The van der Waals surface area contributed by atoms with Crippen molar-refractivity contribution in [1.29, 1.82) is 0 Å². The third-order valence-electron chi connectivity index (χ3n) is 4.24. The Labute approximate surface area is 155 Å². The number of amides is 1. The average Bonchev–Trinajstić information content (AvgIpc) is 2.94. The number of hydrogen-bond acceptors (Lipinski definition) is 5. The monoisotopic (exact) mass is 371 g/mol. The Morgan fingerprint density at radius 2 is 2.11 bits per heavy atom. The van der Waals surface area contributed by atoms with E-state index in [2.05, 4.69) is 20.5 Å². The van der Waals surface area contributed by atoms with E-state index in [0.29, 0.717) is 35.3 Å². The molecule has 8 heteroatoms. The number of nitrogens with two attached hydrogens (primary N) is 1. The number of aromatic nitrogens is 3. The zero-order valence-corrected chi connectivity index (χ0v) is 15.4. The van der Waals surface area contributed by atoms with Gasteiger partial charge in [0.05, 0.1) is 22.3 Å². The van der Waals surface area contributed by atoms with Gasteiger partial charge in [-0.1, -0.05) is 0 Å². The first-order chi connectivity index (χ1) is 12.7. The van der Waals surface area contributed by atoms with Gasteiger partial charge in [0.15, 0.2) is 5.65 Å². The molecule has 0 saturated heterocycles. The van der Waals surface area contributed by atoms with Gasteiger partial charge in [0.2, 0.25) is 0 Å². The zero-order valence-electron chi connectivity index (χ0n) is 15.4. The predicted octanol–water partition coefficient (Wildman–Crippen LogP) is 2.64. The highest BCUT2D eigenvalue weighted by Gasteiger charge is 2.19. The van der Waals surface area contributed by atoms with Crippen LogP contribution in [0.2, 0.25) is 0 Å². The number of nitrogens with zero attached hydrogens (tertiary/aromatic N) is 2. The lowest BCUT2D eigenvalue weighted by atomic mass is 10.0. The van der Waals surface area contributed by atoms with Crippen molar-refractivity contribution in [3.8, 4) is 17.0 Å². The quantitative estimate of drug-likeness (QED) is 0.550. The standard InChI is InChI=1S/C19H22FN5O2/c1-10-16-13(18(27)22-7-6-19(2,3)21)9-15(23-17(16)25-24-10)12-5-4-11(26)8-14(12)20/h4-5,8-9,26H,6-7,21H2,1-3H3,(H,22,27)(H,23,24,25). The summed E-state index contributed by atoms with van der Waals surface area (Å²) in [7, 11) is 0. The van der Waals surface area contributed by atoms with Crippen molar-refractivity contribution < 1.29 is 14.3 Å². The first-order valence-electron chi connectivity index (χ1n) is 8.57. The number of aromatic amines is 1. The second-order valence-corrected chi connectivity index (χ2v) is 7.25. The Bertz CT molecular complexity index is 1010. The van der Waals surface area contributed by atoms with Crippen LogP contribution in [-0.2, 0) is 0 Å². The molecule has 3 rings (SSSR count). The van der Waals surface area contributed by atoms with Gasteiger partial charge in [-0.2, -0.15) is 5.10 Å². The molecule has 0 fully saturated rings. The van der Waals surface area contributed by atoms with Crippen molar-refractivity contribution in [3.63, 3.8) is 0 Å². The molecule has 0 aliphatic carbocycles. The maximum absolute atomic E-state index is 14.3. The van der Waals surface area contributed by atoms with Gasteiger partial charge in [0, 0.05) is 23.7 Å². The van der Waals surface area contributed by atoms with Gasteiger partial charge in [-0.3, -0.25) is 9.89 Å². The first kappa shape index (κ1) is 18.8. The molecule has 0 unspecified atom stereocenters. The number of benzene rings is 1. The molecule has 27 heavy (non-hydrogen) atoms. The lowest BCUT2D eigenvalue weighted by Gasteiger charge is -2.18. The number of fused-ring (bicyclic) bond motifs is 1.